The fourth-order valence-corrected chi connectivity index (χ4v) is 4.18. The average molecular weight is 465 g/mol. The van der Waals surface area contributed by atoms with Crippen LogP contribution in [0.5, 0.6) is 0 Å². The van der Waals surface area contributed by atoms with Gasteiger partial charge in [0.2, 0.25) is 0 Å². The SMILES string of the molecule is Cn1nc2c(c1CN=C(N)Nc1cccc3c1CCCC3)CCCC2.I. The highest BCUT2D eigenvalue weighted by Crippen LogP contribution is 2.28. The second kappa shape index (κ2) is 8.41. The molecule has 0 atom stereocenters. The lowest BCUT2D eigenvalue weighted by molar-refractivity contribution is 0.663. The van der Waals surface area contributed by atoms with Gasteiger partial charge in [-0.25, -0.2) is 4.99 Å². The zero-order valence-corrected chi connectivity index (χ0v) is 17.8. The molecule has 5 nitrogen and oxygen atoms in total. The molecule has 1 aromatic heterocycles. The number of anilines is 1. The van der Waals surface area contributed by atoms with Crippen LogP contribution in [0.3, 0.4) is 0 Å². The average Bonchev–Trinajstić information content (AvgIpc) is 2.95. The number of benzene rings is 1. The Kier molecular flexibility index (Phi) is 6.21. The summed E-state index contributed by atoms with van der Waals surface area (Å²) >= 11 is 0. The molecule has 26 heavy (non-hydrogen) atoms. The highest BCUT2D eigenvalue weighted by molar-refractivity contribution is 14.0. The van der Waals surface area contributed by atoms with E-state index in [1.807, 2.05) is 11.7 Å². The Labute approximate surface area is 172 Å². The van der Waals surface area contributed by atoms with Gasteiger partial charge in [0.25, 0.3) is 0 Å². The van der Waals surface area contributed by atoms with Crippen molar-refractivity contribution in [1.82, 2.24) is 9.78 Å². The fourth-order valence-electron chi connectivity index (χ4n) is 4.18. The number of aryl methyl sites for hydroxylation is 3. The molecule has 1 heterocycles. The normalized spacial score (nSPS) is 16.4. The molecule has 4 rings (SSSR count). The number of fused-ring (bicyclic) bond motifs is 2. The van der Waals surface area contributed by atoms with Crippen LogP contribution in [0.2, 0.25) is 0 Å². The molecule has 1 aromatic carbocycles. The minimum atomic E-state index is 0. The van der Waals surface area contributed by atoms with E-state index in [0.29, 0.717) is 12.5 Å². The van der Waals surface area contributed by atoms with Crippen LogP contribution in [0.1, 0.15) is 53.8 Å². The Morgan fingerprint density at radius 3 is 2.69 bits per heavy atom. The molecule has 140 valence electrons. The number of nitrogens with one attached hydrogen (secondary N) is 1. The molecule has 0 spiro atoms. The zero-order valence-electron chi connectivity index (χ0n) is 15.4. The Hall–Kier alpha value is -1.57. The molecular formula is C20H28IN5. The summed E-state index contributed by atoms with van der Waals surface area (Å²) in [6.45, 7) is 0.590. The molecule has 2 aliphatic carbocycles. The van der Waals surface area contributed by atoms with E-state index in [2.05, 4.69) is 33.6 Å². The van der Waals surface area contributed by atoms with Crippen molar-refractivity contribution >= 4 is 35.6 Å². The predicted octanol–water partition coefficient (Wildman–Crippen LogP) is 3.72. The molecule has 6 heteroatoms. The van der Waals surface area contributed by atoms with Gasteiger partial charge in [-0.15, -0.1) is 24.0 Å². The van der Waals surface area contributed by atoms with Gasteiger partial charge in [0.1, 0.15) is 0 Å². The van der Waals surface area contributed by atoms with E-state index < -0.39 is 0 Å². The maximum atomic E-state index is 6.19. The molecule has 0 unspecified atom stereocenters. The Balaban J connectivity index is 0.00000196. The molecule has 0 radical (unpaired) electrons. The molecule has 0 saturated carbocycles. The molecule has 0 aliphatic heterocycles. The van der Waals surface area contributed by atoms with Crippen LogP contribution in [0.4, 0.5) is 5.69 Å². The Morgan fingerprint density at radius 1 is 1.12 bits per heavy atom. The number of aliphatic imine (C=N–C) groups is 1. The van der Waals surface area contributed by atoms with Crippen LogP contribution in [0, 0.1) is 0 Å². The van der Waals surface area contributed by atoms with Gasteiger partial charge in [-0.05, 0) is 74.1 Å². The van der Waals surface area contributed by atoms with Crippen LogP contribution >= 0.6 is 24.0 Å². The lowest BCUT2D eigenvalue weighted by atomic mass is 9.90. The summed E-state index contributed by atoms with van der Waals surface area (Å²) in [5.41, 5.74) is 14.0. The monoisotopic (exact) mass is 465 g/mol. The summed E-state index contributed by atoms with van der Waals surface area (Å²) in [5, 5.41) is 7.99. The quantitative estimate of drug-likeness (QED) is 0.413. The number of aromatic nitrogens is 2. The van der Waals surface area contributed by atoms with Gasteiger partial charge in [-0.2, -0.15) is 5.10 Å². The Bertz CT molecular complexity index is 809. The fraction of sp³-hybridized carbons (Fsp3) is 0.500. The molecule has 0 saturated heterocycles. The number of hydrogen-bond donors (Lipinski definition) is 2. The van der Waals surface area contributed by atoms with E-state index in [0.717, 1.165) is 24.9 Å². The van der Waals surface area contributed by atoms with Crippen molar-refractivity contribution in [3.8, 4) is 0 Å². The standard InChI is InChI=1S/C20H27N5.HI/c1-25-19(16-10-4-5-11-18(16)24-25)13-22-20(21)23-17-12-6-8-14-7-2-3-9-15(14)17;/h6,8,12H,2-5,7,9-11,13H2,1H3,(H3,21,22,23);1H. The summed E-state index contributed by atoms with van der Waals surface area (Å²) in [4.78, 5) is 4.60. The lowest BCUT2D eigenvalue weighted by Crippen LogP contribution is -2.24. The molecule has 0 bridgehead atoms. The van der Waals surface area contributed by atoms with Crippen molar-refractivity contribution in [2.45, 2.75) is 57.9 Å². The summed E-state index contributed by atoms with van der Waals surface area (Å²) in [6, 6.07) is 6.45. The van der Waals surface area contributed by atoms with Gasteiger partial charge >= 0.3 is 0 Å². The molecule has 0 fully saturated rings. The van der Waals surface area contributed by atoms with E-state index in [1.165, 1.54) is 60.2 Å². The van der Waals surface area contributed by atoms with Gasteiger partial charge in [0.15, 0.2) is 5.96 Å². The minimum absolute atomic E-state index is 0. The summed E-state index contributed by atoms with van der Waals surface area (Å²) < 4.78 is 1.98. The van der Waals surface area contributed by atoms with Crippen LogP contribution in [0.25, 0.3) is 0 Å². The third-order valence-electron chi connectivity index (χ3n) is 5.51. The van der Waals surface area contributed by atoms with Gasteiger partial charge in [-0.1, -0.05) is 12.1 Å². The van der Waals surface area contributed by atoms with E-state index in [9.17, 15) is 0 Å². The first kappa shape index (κ1) is 19.2. The highest BCUT2D eigenvalue weighted by Gasteiger charge is 2.19. The van der Waals surface area contributed by atoms with Gasteiger partial charge in [0, 0.05) is 12.7 Å². The summed E-state index contributed by atoms with van der Waals surface area (Å²) in [5.74, 6) is 0.490. The number of nitrogens with zero attached hydrogens (tertiary/aromatic N) is 3. The number of hydrogen-bond acceptors (Lipinski definition) is 2. The maximum absolute atomic E-state index is 6.19. The van der Waals surface area contributed by atoms with Crippen molar-refractivity contribution in [2.24, 2.45) is 17.8 Å². The van der Waals surface area contributed by atoms with Gasteiger partial charge in [-0.3, -0.25) is 4.68 Å². The second-order valence-electron chi connectivity index (χ2n) is 7.18. The molecule has 3 N–H and O–H groups in total. The van der Waals surface area contributed by atoms with Crippen LogP contribution in [-0.2, 0) is 39.3 Å². The van der Waals surface area contributed by atoms with Crippen LogP contribution in [-0.4, -0.2) is 15.7 Å². The second-order valence-corrected chi connectivity index (χ2v) is 7.18. The Morgan fingerprint density at radius 2 is 1.85 bits per heavy atom. The first-order valence-corrected chi connectivity index (χ1v) is 9.43. The topological polar surface area (TPSA) is 68.2 Å². The summed E-state index contributed by atoms with van der Waals surface area (Å²) in [6.07, 6.45) is 9.54. The number of rotatable bonds is 3. The van der Waals surface area contributed by atoms with Crippen molar-refractivity contribution in [3.05, 3.63) is 46.3 Å². The van der Waals surface area contributed by atoms with Gasteiger partial charge < -0.3 is 11.1 Å². The molecule has 0 amide bonds. The third kappa shape index (κ3) is 3.89. The predicted molar refractivity (Wildman–Crippen MR) is 117 cm³/mol. The van der Waals surface area contributed by atoms with Crippen molar-refractivity contribution in [3.63, 3.8) is 0 Å². The first-order chi connectivity index (χ1) is 12.2. The van der Waals surface area contributed by atoms with E-state index in [-0.39, 0.29) is 24.0 Å². The van der Waals surface area contributed by atoms with E-state index >= 15 is 0 Å². The lowest BCUT2D eigenvalue weighted by Gasteiger charge is -2.19. The number of halogens is 1. The van der Waals surface area contributed by atoms with Crippen LogP contribution < -0.4 is 11.1 Å². The number of guanidine groups is 1. The number of nitrogens with two attached hydrogens (primary N) is 1. The molecule has 2 aliphatic rings. The van der Waals surface area contributed by atoms with Crippen molar-refractivity contribution in [1.29, 1.82) is 0 Å². The zero-order chi connectivity index (χ0) is 17.2. The molecular weight excluding hydrogens is 437 g/mol. The van der Waals surface area contributed by atoms with E-state index in [4.69, 9.17) is 5.73 Å². The maximum Gasteiger partial charge on any atom is 0.193 e. The van der Waals surface area contributed by atoms with Crippen molar-refractivity contribution in [2.75, 3.05) is 5.32 Å². The smallest absolute Gasteiger partial charge is 0.193 e. The summed E-state index contributed by atoms with van der Waals surface area (Å²) in [7, 11) is 2.01. The molecule has 2 aromatic rings. The van der Waals surface area contributed by atoms with Crippen LogP contribution in [0.15, 0.2) is 23.2 Å². The van der Waals surface area contributed by atoms with Crippen molar-refractivity contribution < 1.29 is 0 Å². The van der Waals surface area contributed by atoms with E-state index in [1.54, 1.807) is 0 Å². The minimum Gasteiger partial charge on any atom is -0.370 e. The largest absolute Gasteiger partial charge is 0.370 e. The first-order valence-electron chi connectivity index (χ1n) is 9.43. The highest BCUT2D eigenvalue weighted by atomic mass is 127. The third-order valence-corrected chi connectivity index (χ3v) is 5.51. The van der Waals surface area contributed by atoms with Gasteiger partial charge in [0.05, 0.1) is 17.9 Å².